The monoisotopic (exact) mass is 312 g/mol. The van der Waals surface area contributed by atoms with Crippen molar-refractivity contribution in [2.45, 2.75) is 19.8 Å². The van der Waals surface area contributed by atoms with Crippen LogP contribution in [0.2, 0.25) is 0 Å². The molecule has 0 N–H and O–H groups in total. The summed E-state index contributed by atoms with van der Waals surface area (Å²) in [6, 6.07) is 8.47. The molecule has 0 radical (unpaired) electrons. The summed E-state index contributed by atoms with van der Waals surface area (Å²) in [6.45, 7) is 8.66. The topological polar surface area (TPSA) is 15.7 Å². The van der Waals surface area contributed by atoms with Gasteiger partial charge in [0.2, 0.25) is 0 Å². The maximum absolute atomic E-state index is 5.80. The van der Waals surface area contributed by atoms with Crippen molar-refractivity contribution >= 4 is 5.69 Å². The zero-order valence-corrected chi connectivity index (χ0v) is 14.2. The molecular weight excluding hydrogens is 284 g/mol. The number of hydrogen-bond acceptors (Lipinski definition) is 3. The van der Waals surface area contributed by atoms with Gasteiger partial charge in [-0.15, -0.1) is 0 Å². The highest BCUT2D eigenvalue weighted by Crippen LogP contribution is 2.43. The first-order valence-corrected chi connectivity index (χ1v) is 9.21. The highest BCUT2D eigenvalue weighted by atomic mass is 16.5. The van der Waals surface area contributed by atoms with Crippen molar-refractivity contribution in [1.82, 2.24) is 4.90 Å². The van der Waals surface area contributed by atoms with Gasteiger partial charge < -0.3 is 9.64 Å². The van der Waals surface area contributed by atoms with Crippen LogP contribution in [0.5, 0.6) is 5.75 Å². The van der Waals surface area contributed by atoms with E-state index < -0.39 is 0 Å². The summed E-state index contributed by atoms with van der Waals surface area (Å²) < 4.78 is 5.80. The Balaban J connectivity index is 1.33. The van der Waals surface area contributed by atoms with Gasteiger partial charge in [-0.3, -0.25) is 4.90 Å². The van der Waals surface area contributed by atoms with Gasteiger partial charge in [0.1, 0.15) is 5.75 Å². The fraction of sp³-hybridized carbons (Fsp3) is 0.600. The number of hydrogen-bond donors (Lipinski definition) is 0. The number of allylic oxidation sites excluding steroid dienone is 2. The lowest BCUT2D eigenvalue weighted by atomic mass is 9.93. The van der Waals surface area contributed by atoms with Crippen LogP contribution in [0.4, 0.5) is 5.69 Å². The fourth-order valence-electron chi connectivity index (χ4n) is 4.60. The number of nitrogens with zero attached hydrogens (tertiary/aromatic N) is 2. The number of rotatable bonds is 5. The minimum Gasteiger partial charge on any atom is -0.492 e. The third-order valence-electron chi connectivity index (χ3n) is 5.79. The Bertz CT molecular complexity index is 563. The molecule has 1 saturated carbocycles. The molecule has 4 rings (SSSR count). The van der Waals surface area contributed by atoms with E-state index in [1.807, 2.05) is 0 Å². The number of para-hydroxylation sites is 2. The minimum absolute atomic E-state index is 0.731. The van der Waals surface area contributed by atoms with Crippen LogP contribution in [0, 0.1) is 17.8 Å². The number of fused-ring (bicyclic) bond motifs is 2. The van der Waals surface area contributed by atoms with Crippen molar-refractivity contribution < 1.29 is 4.74 Å². The van der Waals surface area contributed by atoms with Gasteiger partial charge in [-0.05, 0) is 49.7 Å². The van der Waals surface area contributed by atoms with Crippen LogP contribution in [-0.4, -0.2) is 44.2 Å². The largest absolute Gasteiger partial charge is 0.492 e. The van der Waals surface area contributed by atoms with Crippen molar-refractivity contribution in [3.05, 3.63) is 36.4 Å². The quantitative estimate of drug-likeness (QED) is 0.775. The summed E-state index contributed by atoms with van der Waals surface area (Å²) in [4.78, 5) is 5.17. The SMILES string of the molecule is CCOc1ccccc1N1CCN(C[C@@H]2C[C@H]3C=C[C@H]2C3)CC1. The molecule has 3 aliphatic rings. The van der Waals surface area contributed by atoms with Crippen molar-refractivity contribution in [2.24, 2.45) is 17.8 Å². The molecular formula is C20H28N2O. The van der Waals surface area contributed by atoms with E-state index in [1.54, 1.807) is 0 Å². The molecule has 3 heteroatoms. The Hall–Kier alpha value is -1.48. The van der Waals surface area contributed by atoms with Crippen LogP contribution in [0.25, 0.3) is 0 Å². The normalized spacial score (nSPS) is 30.1. The first-order chi connectivity index (χ1) is 11.3. The molecule has 0 amide bonds. The van der Waals surface area contributed by atoms with E-state index in [0.29, 0.717) is 0 Å². The summed E-state index contributed by atoms with van der Waals surface area (Å²) in [5.41, 5.74) is 1.26. The Morgan fingerprint density at radius 2 is 1.87 bits per heavy atom. The number of anilines is 1. The van der Waals surface area contributed by atoms with Gasteiger partial charge in [0, 0.05) is 32.7 Å². The molecule has 23 heavy (non-hydrogen) atoms. The van der Waals surface area contributed by atoms with Gasteiger partial charge in [-0.2, -0.15) is 0 Å². The van der Waals surface area contributed by atoms with E-state index >= 15 is 0 Å². The summed E-state index contributed by atoms with van der Waals surface area (Å²) in [7, 11) is 0. The maximum atomic E-state index is 5.80. The van der Waals surface area contributed by atoms with Crippen molar-refractivity contribution in [3.8, 4) is 5.75 Å². The van der Waals surface area contributed by atoms with Gasteiger partial charge in [0.15, 0.2) is 0 Å². The molecule has 0 spiro atoms. The van der Waals surface area contributed by atoms with Gasteiger partial charge in [0.25, 0.3) is 0 Å². The molecule has 0 unspecified atom stereocenters. The predicted octanol–water partition coefficient (Wildman–Crippen LogP) is 3.42. The lowest BCUT2D eigenvalue weighted by Crippen LogP contribution is -2.48. The van der Waals surface area contributed by atoms with Gasteiger partial charge >= 0.3 is 0 Å². The average molecular weight is 312 g/mol. The highest BCUT2D eigenvalue weighted by Gasteiger charge is 2.36. The number of piperazine rings is 1. The third-order valence-corrected chi connectivity index (χ3v) is 5.79. The minimum atomic E-state index is 0.731. The second kappa shape index (κ2) is 6.56. The zero-order chi connectivity index (χ0) is 15.6. The van der Waals surface area contributed by atoms with E-state index in [1.165, 1.54) is 38.2 Å². The number of benzene rings is 1. The Labute approximate surface area is 139 Å². The molecule has 0 aromatic heterocycles. The molecule has 2 fully saturated rings. The van der Waals surface area contributed by atoms with Crippen LogP contribution < -0.4 is 9.64 Å². The molecule has 3 atom stereocenters. The summed E-state index contributed by atoms with van der Waals surface area (Å²) in [5.74, 6) is 3.70. The Kier molecular flexibility index (Phi) is 4.30. The average Bonchev–Trinajstić information content (AvgIpc) is 3.19. The molecule has 124 valence electrons. The maximum Gasteiger partial charge on any atom is 0.142 e. The zero-order valence-electron chi connectivity index (χ0n) is 14.2. The van der Waals surface area contributed by atoms with E-state index in [4.69, 9.17) is 4.74 Å². The molecule has 1 saturated heterocycles. The van der Waals surface area contributed by atoms with Crippen LogP contribution >= 0.6 is 0 Å². The van der Waals surface area contributed by atoms with Crippen LogP contribution in [-0.2, 0) is 0 Å². The highest BCUT2D eigenvalue weighted by molar-refractivity contribution is 5.58. The standard InChI is InChI=1S/C20H28N2O/c1-2-23-20-6-4-3-5-19(20)22-11-9-21(10-12-22)15-18-14-16-7-8-17(18)13-16/h3-8,16-18H,2,9-15H2,1H3/t16-,17-,18-/m0/s1. The second-order valence-corrected chi connectivity index (χ2v) is 7.23. The van der Waals surface area contributed by atoms with E-state index in [9.17, 15) is 0 Å². The predicted molar refractivity (Wildman–Crippen MR) is 95.1 cm³/mol. The van der Waals surface area contributed by atoms with Crippen molar-refractivity contribution in [1.29, 1.82) is 0 Å². The van der Waals surface area contributed by atoms with E-state index in [2.05, 4.69) is 53.1 Å². The molecule has 1 aromatic rings. The van der Waals surface area contributed by atoms with E-state index in [0.717, 1.165) is 43.2 Å². The summed E-state index contributed by atoms with van der Waals surface area (Å²) >= 11 is 0. The molecule has 1 heterocycles. The Morgan fingerprint density at radius 1 is 1.04 bits per heavy atom. The second-order valence-electron chi connectivity index (χ2n) is 7.23. The van der Waals surface area contributed by atoms with Crippen LogP contribution in [0.1, 0.15) is 19.8 Å². The van der Waals surface area contributed by atoms with E-state index in [-0.39, 0.29) is 0 Å². The van der Waals surface area contributed by atoms with Gasteiger partial charge in [-0.1, -0.05) is 24.3 Å². The molecule has 1 aromatic carbocycles. The molecule has 2 bridgehead atoms. The molecule has 3 nitrogen and oxygen atoms in total. The Morgan fingerprint density at radius 3 is 2.57 bits per heavy atom. The summed E-state index contributed by atoms with van der Waals surface area (Å²) in [5, 5.41) is 0. The fourth-order valence-corrected chi connectivity index (χ4v) is 4.60. The lowest BCUT2D eigenvalue weighted by Gasteiger charge is -2.38. The van der Waals surface area contributed by atoms with Crippen LogP contribution in [0.3, 0.4) is 0 Å². The van der Waals surface area contributed by atoms with Crippen molar-refractivity contribution in [2.75, 3.05) is 44.2 Å². The molecule has 2 aliphatic carbocycles. The number of ether oxygens (including phenoxy) is 1. The van der Waals surface area contributed by atoms with Gasteiger partial charge in [-0.25, -0.2) is 0 Å². The molecule has 1 aliphatic heterocycles. The van der Waals surface area contributed by atoms with Crippen molar-refractivity contribution in [3.63, 3.8) is 0 Å². The smallest absolute Gasteiger partial charge is 0.142 e. The first-order valence-electron chi connectivity index (χ1n) is 9.21. The van der Waals surface area contributed by atoms with Crippen LogP contribution in [0.15, 0.2) is 36.4 Å². The summed E-state index contributed by atoms with van der Waals surface area (Å²) in [6.07, 6.45) is 7.78. The third kappa shape index (κ3) is 3.12. The lowest BCUT2D eigenvalue weighted by molar-refractivity contribution is 0.203. The first kappa shape index (κ1) is 15.1. The van der Waals surface area contributed by atoms with Gasteiger partial charge in [0.05, 0.1) is 12.3 Å².